The molecule has 6 nitrogen and oxygen atoms in total. The second kappa shape index (κ2) is 9.25. The van der Waals surface area contributed by atoms with E-state index in [-0.39, 0.29) is 15.5 Å². The van der Waals surface area contributed by atoms with Gasteiger partial charge in [-0.15, -0.1) is 11.3 Å². The molecule has 0 radical (unpaired) electrons. The van der Waals surface area contributed by atoms with Crippen LogP contribution >= 0.6 is 11.3 Å². The Bertz CT molecular complexity index is 1610. The normalized spacial score (nSPS) is 11.1. The van der Waals surface area contributed by atoms with Gasteiger partial charge in [0.05, 0.1) is 32.7 Å². The summed E-state index contributed by atoms with van der Waals surface area (Å²) < 4.78 is 69.3. The van der Waals surface area contributed by atoms with Crippen molar-refractivity contribution in [2.45, 2.75) is 4.90 Å². The Morgan fingerprint density at radius 3 is 2.34 bits per heavy atom. The van der Waals surface area contributed by atoms with E-state index in [1.54, 1.807) is 18.2 Å². The fraction of sp³-hybridized carbons (Fsp3) is 0. The van der Waals surface area contributed by atoms with Gasteiger partial charge in [0.2, 0.25) is 11.6 Å². The van der Waals surface area contributed by atoms with Crippen molar-refractivity contribution in [3.63, 3.8) is 0 Å². The highest BCUT2D eigenvalue weighted by Gasteiger charge is 2.25. The summed E-state index contributed by atoms with van der Waals surface area (Å²) in [7, 11) is -4.02. The highest BCUT2D eigenvalue weighted by atomic mass is 32.2. The van der Waals surface area contributed by atoms with Crippen molar-refractivity contribution in [1.82, 2.24) is 0 Å². The van der Waals surface area contributed by atoms with Gasteiger partial charge in [-0.2, -0.15) is 9.65 Å². The van der Waals surface area contributed by atoms with Crippen molar-refractivity contribution >= 4 is 32.8 Å². The minimum atomic E-state index is -4.02. The molecule has 0 aliphatic carbocycles. The number of carbonyl (C=O) groups is 1. The molecular weight excluding hydrogens is 501 g/mol. The highest BCUT2D eigenvalue weighted by Crippen LogP contribution is 2.36. The Kier molecular flexibility index (Phi) is 6.34. The molecular formula is C24H13F3N2O4S2. The summed E-state index contributed by atoms with van der Waals surface area (Å²) in [5.74, 6) is -7.53. The number of nitrogens with one attached hydrogen (secondary N) is 1. The van der Waals surface area contributed by atoms with Crippen LogP contribution in [0.1, 0.15) is 20.8 Å². The number of para-hydroxylation sites is 1. The van der Waals surface area contributed by atoms with Gasteiger partial charge in [0.25, 0.3) is 10.0 Å². The first-order valence-corrected chi connectivity index (χ1v) is 12.1. The third kappa shape index (κ3) is 4.62. The maximum Gasteiger partial charge on any atom is 0.261 e. The zero-order valence-electron chi connectivity index (χ0n) is 17.4. The lowest BCUT2D eigenvalue weighted by molar-refractivity contribution is 0.103. The lowest BCUT2D eigenvalue weighted by Gasteiger charge is -2.12. The molecule has 0 unspecified atom stereocenters. The van der Waals surface area contributed by atoms with E-state index in [1.165, 1.54) is 42.5 Å². The Morgan fingerprint density at radius 1 is 0.971 bits per heavy atom. The van der Waals surface area contributed by atoms with E-state index in [0.717, 1.165) is 11.3 Å². The van der Waals surface area contributed by atoms with E-state index in [4.69, 9.17) is 5.26 Å². The maximum absolute atomic E-state index is 14.2. The van der Waals surface area contributed by atoms with Gasteiger partial charge in [-0.05, 0) is 48.5 Å². The minimum absolute atomic E-state index is 0.0472. The fourth-order valence-corrected chi connectivity index (χ4v) is 5.27. The molecule has 0 saturated heterocycles. The van der Waals surface area contributed by atoms with Crippen molar-refractivity contribution in [1.29, 1.82) is 5.26 Å². The lowest BCUT2D eigenvalue weighted by atomic mass is 10.1. The number of nitriles is 1. The third-order valence-corrected chi connectivity index (χ3v) is 7.44. The van der Waals surface area contributed by atoms with E-state index in [0.29, 0.717) is 22.1 Å². The molecule has 0 fully saturated rings. The Hall–Kier alpha value is -4.14. The average molecular weight is 515 g/mol. The summed E-state index contributed by atoms with van der Waals surface area (Å²) in [5, 5.41) is 18.3. The summed E-state index contributed by atoms with van der Waals surface area (Å²) in [6.07, 6.45) is 0. The van der Waals surface area contributed by atoms with Gasteiger partial charge in [0.15, 0.2) is 17.4 Å². The van der Waals surface area contributed by atoms with E-state index in [2.05, 4.69) is 4.72 Å². The van der Waals surface area contributed by atoms with Gasteiger partial charge >= 0.3 is 0 Å². The number of anilines is 1. The molecule has 0 aliphatic rings. The quantitative estimate of drug-likeness (QED) is 0.263. The van der Waals surface area contributed by atoms with E-state index in [1.807, 2.05) is 6.07 Å². The van der Waals surface area contributed by atoms with Crippen molar-refractivity contribution in [2.24, 2.45) is 0 Å². The topological polar surface area (TPSA) is 107 Å². The predicted molar refractivity (Wildman–Crippen MR) is 123 cm³/mol. The van der Waals surface area contributed by atoms with Crippen LogP contribution in [0.2, 0.25) is 0 Å². The van der Waals surface area contributed by atoms with Gasteiger partial charge < -0.3 is 5.11 Å². The third-order valence-electron chi connectivity index (χ3n) is 4.94. The van der Waals surface area contributed by atoms with E-state index < -0.39 is 44.6 Å². The number of nitrogens with zero attached hydrogens (tertiary/aromatic N) is 1. The number of benzene rings is 3. The molecule has 11 heteroatoms. The number of thiophene rings is 1. The van der Waals surface area contributed by atoms with Crippen LogP contribution in [0.4, 0.5) is 18.9 Å². The molecule has 0 atom stereocenters. The predicted octanol–water partition coefficient (Wildman–Crippen LogP) is 5.44. The van der Waals surface area contributed by atoms with Crippen LogP contribution in [0.3, 0.4) is 0 Å². The van der Waals surface area contributed by atoms with Gasteiger partial charge in [0.1, 0.15) is 0 Å². The zero-order chi connectivity index (χ0) is 25.3. The SMILES string of the molecule is N#Cc1ccc(S(=O)(=O)Nc2ccccc2-c2ccc(C(=O)c3cc(F)c(F)c(O)c3F)s2)cc1. The molecule has 4 aromatic rings. The van der Waals surface area contributed by atoms with Crippen LogP contribution in [0.25, 0.3) is 10.4 Å². The monoisotopic (exact) mass is 514 g/mol. The molecule has 0 aliphatic heterocycles. The first-order valence-electron chi connectivity index (χ1n) is 9.75. The molecule has 4 rings (SSSR count). The highest BCUT2D eigenvalue weighted by molar-refractivity contribution is 7.92. The first kappa shape index (κ1) is 24.0. The number of aromatic hydroxyl groups is 1. The number of hydrogen-bond acceptors (Lipinski definition) is 6. The minimum Gasteiger partial charge on any atom is -0.503 e. The molecule has 0 spiro atoms. The Balaban J connectivity index is 1.67. The molecule has 0 saturated carbocycles. The van der Waals surface area contributed by atoms with Crippen LogP contribution < -0.4 is 4.72 Å². The summed E-state index contributed by atoms with van der Waals surface area (Å²) in [4.78, 5) is 13.0. The number of carbonyl (C=O) groups excluding carboxylic acids is 1. The van der Waals surface area contributed by atoms with Gasteiger partial charge in [-0.3, -0.25) is 9.52 Å². The number of ketones is 1. The van der Waals surface area contributed by atoms with Gasteiger partial charge in [-0.1, -0.05) is 18.2 Å². The molecule has 0 bridgehead atoms. The number of halogens is 3. The second-order valence-electron chi connectivity index (χ2n) is 7.16. The average Bonchev–Trinajstić information content (AvgIpc) is 3.35. The van der Waals surface area contributed by atoms with Crippen molar-refractivity contribution < 1.29 is 31.5 Å². The summed E-state index contributed by atoms with van der Waals surface area (Å²) in [6.45, 7) is 0. The van der Waals surface area contributed by atoms with Crippen molar-refractivity contribution in [3.05, 3.63) is 100 Å². The van der Waals surface area contributed by atoms with Crippen LogP contribution in [0.15, 0.2) is 71.6 Å². The molecule has 0 amide bonds. The van der Waals surface area contributed by atoms with E-state index in [9.17, 15) is 31.5 Å². The standard InChI is InChI=1S/C24H13F3N2O4S2/c25-17-11-16(21(26)24(31)22(17)27)23(30)20-10-9-19(34-20)15-3-1-2-4-18(15)29-35(32,33)14-7-5-13(12-28)6-8-14/h1-11,29,31H. The van der Waals surface area contributed by atoms with Crippen LogP contribution in [-0.2, 0) is 10.0 Å². The van der Waals surface area contributed by atoms with Crippen LogP contribution in [-0.4, -0.2) is 19.3 Å². The van der Waals surface area contributed by atoms with Crippen molar-refractivity contribution in [3.8, 4) is 22.3 Å². The largest absolute Gasteiger partial charge is 0.503 e. The fourth-order valence-electron chi connectivity index (χ4n) is 3.19. The molecule has 3 aromatic carbocycles. The van der Waals surface area contributed by atoms with Crippen LogP contribution in [0, 0.1) is 28.8 Å². The van der Waals surface area contributed by atoms with Gasteiger partial charge in [0, 0.05) is 10.4 Å². The maximum atomic E-state index is 14.2. The summed E-state index contributed by atoms with van der Waals surface area (Å²) >= 11 is 0.870. The first-order chi connectivity index (χ1) is 16.6. The Labute approximate surface area is 201 Å². The Morgan fingerprint density at radius 2 is 1.66 bits per heavy atom. The summed E-state index contributed by atoms with van der Waals surface area (Å²) in [6, 6.07) is 16.7. The zero-order valence-corrected chi connectivity index (χ0v) is 19.1. The van der Waals surface area contributed by atoms with Crippen molar-refractivity contribution in [2.75, 3.05) is 4.72 Å². The smallest absolute Gasteiger partial charge is 0.261 e. The second-order valence-corrected chi connectivity index (χ2v) is 9.93. The number of phenols is 1. The molecule has 1 aromatic heterocycles. The lowest BCUT2D eigenvalue weighted by Crippen LogP contribution is -2.13. The number of rotatable bonds is 6. The summed E-state index contributed by atoms with van der Waals surface area (Å²) in [5.41, 5.74) is 0.0484. The molecule has 1 heterocycles. The number of hydrogen-bond donors (Lipinski definition) is 2. The van der Waals surface area contributed by atoms with E-state index >= 15 is 0 Å². The molecule has 2 N–H and O–H groups in total. The number of sulfonamides is 1. The number of phenolic OH excluding ortho intramolecular Hbond substituents is 1. The van der Waals surface area contributed by atoms with Crippen LogP contribution in [0.5, 0.6) is 5.75 Å². The van der Waals surface area contributed by atoms with Gasteiger partial charge in [-0.25, -0.2) is 17.2 Å². The molecule has 176 valence electrons. The molecule has 35 heavy (non-hydrogen) atoms.